The molecule has 0 amide bonds. The minimum absolute atomic E-state index is 0. The monoisotopic (exact) mass is 256 g/mol. The van der Waals surface area contributed by atoms with Crippen molar-refractivity contribution in [1.82, 2.24) is 0 Å². The van der Waals surface area contributed by atoms with Gasteiger partial charge in [-0.2, -0.15) is 0 Å². The Morgan fingerprint density at radius 3 is 1.44 bits per heavy atom. The van der Waals surface area contributed by atoms with E-state index >= 15 is 0 Å². The maximum Gasteiger partial charge on any atom is 2.00 e. The van der Waals surface area contributed by atoms with Gasteiger partial charge in [-0.3, -0.25) is 4.31 Å². The molecule has 0 aliphatic rings. The second-order valence-electron chi connectivity index (χ2n) is 0.596. The summed E-state index contributed by atoms with van der Waals surface area (Å²) in [6.07, 6.45) is 0. The number of hydrogen-bond donors (Lipinski definition) is 2. The van der Waals surface area contributed by atoms with Gasteiger partial charge < -0.3 is 18.3 Å². The van der Waals surface area contributed by atoms with Gasteiger partial charge >= 0.3 is 121 Å². The zero-order valence-electron chi connectivity index (χ0n) is 10.9. The molecule has 0 rings (SSSR count). The number of rotatable bonds is 1. The summed E-state index contributed by atoms with van der Waals surface area (Å²) in [5.74, 6) is 0. The number of phosphoric acid groups is 1. The fourth-order valence-corrected chi connectivity index (χ4v) is 0. The maximum atomic E-state index is 9.45. The van der Waals surface area contributed by atoms with Crippen LogP contribution in [0.15, 0.2) is 0 Å². The molecule has 0 saturated carbocycles. The van der Waals surface area contributed by atoms with Crippen LogP contribution in [0, 0.1) is 0 Å². The van der Waals surface area contributed by atoms with Crippen LogP contribution in [0.5, 0.6) is 0 Å². The summed E-state index contributed by atoms with van der Waals surface area (Å²) in [6, 6.07) is 0. The first-order valence-corrected chi connectivity index (χ1v) is 3.00. The van der Waals surface area contributed by atoms with E-state index in [2.05, 4.69) is 4.31 Å². The van der Waals surface area contributed by atoms with Crippen molar-refractivity contribution < 1.29 is 27.2 Å². The van der Waals surface area contributed by atoms with Crippen molar-refractivity contribution in [3.05, 3.63) is 0 Å². The normalized spacial score (nSPS) is 7.89. The molecule has 0 bridgehead atoms. The molecule has 0 aliphatic heterocycles. The van der Waals surface area contributed by atoms with Gasteiger partial charge in [0, 0.05) is 9.47 Å². The molecule has 1 unspecified atom stereocenters. The van der Waals surface area contributed by atoms with E-state index in [1.807, 2.05) is 0 Å². The molecule has 0 aromatic rings. The van der Waals surface area contributed by atoms with E-state index in [1.54, 1.807) is 0 Å². The Morgan fingerprint density at radius 1 is 1.33 bits per heavy atom. The van der Waals surface area contributed by atoms with Crippen molar-refractivity contribution in [1.29, 1.82) is 0 Å². The van der Waals surface area contributed by atoms with E-state index in [4.69, 9.17) is 9.79 Å². The van der Waals surface area contributed by atoms with Crippen molar-refractivity contribution in [2.45, 2.75) is 0 Å². The molecule has 2 N–H and O–H groups in total. The van der Waals surface area contributed by atoms with Gasteiger partial charge in [-0.05, 0) is 0 Å². The van der Waals surface area contributed by atoms with Crippen molar-refractivity contribution in [2.24, 2.45) is 0 Å². The van der Waals surface area contributed by atoms with Crippen molar-refractivity contribution in [3.8, 4) is 0 Å². The van der Waals surface area contributed by atoms with E-state index in [0.717, 1.165) is 0 Å². The van der Waals surface area contributed by atoms with Crippen LogP contribution in [-0.4, -0.2) is 123 Å². The number of hydrogen-bond acceptors (Lipinski definition) is 2. The van der Waals surface area contributed by atoms with E-state index in [0.29, 0.717) is 0 Å². The molecule has 0 spiro atoms. The van der Waals surface area contributed by atoms with Crippen molar-refractivity contribution >= 4 is 131 Å². The molecular weight excluding hydrogens is 246 g/mol. The van der Waals surface area contributed by atoms with Crippen LogP contribution in [0.4, 0.5) is 0 Å². The standard InChI is InChI=1S/3Ca.H4O4P2.6H/c;;;1-6(2,3)4-5;;;;;;/h;;;5H2,(H2,1,2,3);;;;;;/q3*+2;;6*-1. The fourth-order valence-electron chi connectivity index (χ4n) is 0. The van der Waals surface area contributed by atoms with E-state index in [-0.39, 0.29) is 122 Å². The third-order valence-electron chi connectivity index (χ3n) is 0.137. The first kappa shape index (κ1) is 23.3. The summed E-state index contributed by atoms with van der Waals surface area (Å²) in [5.41, 5.74) is 0. The van der Waals surface area contributed by atoms with E-state index in [1.165, 1.54) is 9.47 Å². The van der Waals surface area contributed by atoms with E-state index < -0.39 is 7.82 Å². The molecule has 9 heavy (non-hydrogen) atoms. The average Bonchev–Trinajstić information content (AvgIpc) is 1.35. The zero-order valence-corrected chi connectivity index (χ0v) is 13.5. The molecule has 4 nitrogen and oxygen atoms in total. The molecule has 50 valence electrons. The zero-order chi connectivity index (χ0) is 5.21. The molecule has 0 aromatic carbocycles. The summed E-state index contributed by atoms with van der Waals surface area (Å²) in [6.45, 7) is 0. The van der Waals surface area contributed by atoms with Crippen molar-refractivity contribution in [3.63, 3.8) is 0 Å². The van der Waals surface area contributed by atoms with Crippen LogP contribution < -0.4 is 0 Å². The van der Waals surface area contributed by atoms with Crippen LogP contribution >= 0.6 is 17.3 Å². The molecule has 0 heterocycles. The van der Waals surface area contributed by atoms with Gasteiger partial charge in [0.15, 0.2) is 0 Å². The van der Waals surface area contributed by atoms with Crippen molar-refractivity contribution in [2.75, 3.05) is 0 Å². The first-order valence-electron chi connectivity index (χ1n) is 1.00. The summed E-state index contributed by atoms with van der Waals surface area (Å²) in [4.78, 5) is 15.4. The third kappa shape index (κ3) is 24.5. The van der Waals surface area contributed by atoms with E-state index in [9.17, 15) is 4.57 Å². The van der Waals surface area contributed by atoms with Gasteiger partial charge in [0.2, 0.25) is 0 Å². The second-order valence-corrected chi connectivity index (χ2v) is 2.42. The molecule has 9 heteroatoms. The summed E-state index contributed by atoms with van der Waals surface area (Å²) in [5, 5.41) is 0. The Hall–Kier alpha value is 4.32. The average molecular weight is 256 g/mol. The Balaban J connectivity index is -0.00000000347. The van der Waals surface area contributed by atoms with Gasteiger partial charge in [-0.25, -0.2) is 4.57 Å². The van der Waals surface area contributed by atoms with Gasteiger partial charge in [0.1, 0.15) is 0 Å². The summed E-state index contributed by atoms with van der Waals surface area (Å²) >= 11 is 0. The second kappa shape index (κ2) is 12.3. The Bertz CT molecular complexity index is 92.4. The summed E-state index contributed by atoms with van der Waals surface area (Å²) < 4.78 is 13.0. The molecule has 0 aliphatic carbocycles. The quantitative estimate of drug-likeness (QED) is 0.486. The molecule has 0 aromatic heterocycles. The smallest absolute Gasteiger partial charge is 1.00 e. The Labute approximate surface area is 154 Å². The molecule has 0 fully saturated rings. The topological polar surface area (TPSA) is 66.8 Å². The molecule has 0 saturated heterocycles. The maximum absolute atomic E-state index is 9.45. The predicted molar refractivity (Wildman–Crippen MR) is 46.8 cm³/mol. The first-order chi connectivity index (χ1) is 2.56. The third-order valence-corrected chi connectivity index (χ3v) is 1.24. The molecule has 1 atom stereocenters. The SMILES string of the molecule is O=P(O)(O)OP.[Ca+2].[Ca+2].[Ca+2].[H-].[H-].[H-].[H-].[H-].[H-]. The minimum Gasteiger partial charge on any atom is -1.00 e. The van der Waals surface area contributed by atoms with Crippen LogP contribution in [0.1, 0.15) is 8.56 Å². The molecular formula is H10Ca3O4P2. The van der Waals surface area contributed by atoms with Gasteiger partial charge in [-0.1, -0.05) is 0 Å². The van der Waals surface area contributed by atoms with Gasteiger partial charge in [0.25, 0.3) is 0 Å². The van der Waals surface area contributed by atoms with Crippen LogP contribution in [0.2, 0.25) is 0 Å². The van der Waals surface area contributed by atoms with Gasteiger partial charge in [-0.15, -0.1) is 0 Å². The van der Waals surface area contributed by atoms with Crippen LogP contribution in [0.25, 0.3) is 0 Å². The van der Waals surface area contributed by atoms with Crippen LogP contribution in [-0.2, 0) is 8.88 Å². The molecule has 0 radical (unpaired) electrons. The summed E-state index contributed by atoms with van der Waals surface area (Å²) in [7, 11) is -2.72. The predicted octanol–water partition coefficient (Wildman–Crippen LogP) is -0.582. The Morgan fingerprint density at radius 2 is 1.44 bits per heavy atom. The van der Waals surface area contributed by atoms with Crippen LogP contribution in [0.3, 0.4) is 0 Å². The fraction of sp³-hybridized carbons (Fsp3) is 0. The largest absolute Gasteiger partial charge is 2.00 e. The minimum atomic E-state index is -4.18. The Kier molecular flexibility index (Phi) is 31.9. The van der Waals surface area contributed by atoms with Gasteiger partial charge in [0.05, 0.1) is 0 Å².